The fourth-order valence-electron chi connectivity index (χ4n) is 5.55. The normalized spacial score (nSPS) is 20.0. The Labute approximate surface area is 289 Å². The van der Waals surface area contributed by atoms with Gasteiger partial charge in [0.2, 0.25) is 10.0 Å². The molecule has 3 N–H and O–H groups in total. The molecule has 1 heterocycles. The number of nitrogens with one attached hydrogen (secondary N) is 2. The molecule has 3 aromatic rings. The highest BCUT2D eigenvalue weighted by Gasteiger charge is 2.32. The SMILES string of the molecule is COc1ccc(NC(=O)Nc2ccc3c(c2)C(=O)N([C@@H](C)CO)C[C@@H](C)[C@H](CN(C)S(=O)(=O)c2ccccc2)OCCCC[C@@H](C)O3)cc1. The standard InChI is InChI=1S/C36H48N4O8S/c1-25-22-40(26(2)24-41)35(42)32-21-29(38-36(43)37-28-14-17-30(46-5)18-15-28)16-19-33(32)48-27(3)11-9-10-20-47-34(25)23-39(4)49(44,45)31-12-7-6-8-13-31/h6-8,12-19,21,25-27,34,41H,9-11,20,22-24H2,1-5H3,(H2,37,38,43)/t25-,26+,27-,34+/m1/s1. The van der Waals surface area contributed by atoms with Crippen molar-refractivity contribution < 1.29 is 37.3 Å². The Kier molecular flexibility index (Phi) is 13.4. The molecule has 0 aromatic heterocycles. The molecule has 0 unspecified atom stereocenters. The molecule has 266 valence electrons. The lowest BCUT2D eigenvalue weighted by atomic mass is 10.0. The summed E-state index contributed by atoms with van der Waals surface area (Å²) in [4.78, 5) is 29.0. The number of urea groups is 1. The summed E-state index contributed by atoms with van der Waals surface area (Å²) < 4.78 is 45.8. The molecule has 3 amide bonds. The monoisotopic (exact) mass is 696 g/mol. The number of likely N-dealkylation sites (N-methyl/N-ethyl adjacent to an activating group) is 1. The van der Waals surface area contributed by atoms with Crippen molar-refractivity contribution in [1.82, 2.24) is 9.21 Å². The molecule has 49 heavy (non-hydrogen) atoms. The van der Waals surface area contributed by atoms with Crippen LogP contribution in [-0.4, -0.2) is 93.4 Å². The molecule has 4 atom stereocenters. The Morgan fingerprint density at radius 3 is 2.39 bits per heavy atom. The van der Waals surface area contributed by atoms with Gasteiger partial charge in [-0.05, 0) is 87.7 Å². The van der Waals surface area contributed by atoms with Crippen LogP contribution in [0.1, 0.15) is 50.4 Å². The number of amides is 3. The van der Waals surface area contributed by atoms with Gasteiger partial charge in [0.15, 0.2) is 0 Å². The first kappa shape index (κ1) is 37.6. The first-order chi connectivity index (χ1) is 23.4. The molecular formula is C36H48N4O8S. The molecule has 0 bridgehead atoms. The molecular weight excluding hydrogens is 648 g/mol. The summed E-state index contributed by atoms with van der Waals surface area (Å²) in [5, 5.41) is 15.8. The van der Waals surface area contributed by atoms with Crippen molar-refractivity contribution in [2.24, 2.45) is 5.92 Å². The van der Waals surface area contributed by atoms with Crippen LogP contribution in [0.15, 0.2) is 77.7 Å². The van der Waals surface area contributed by atoms with Crippen molar-refractivity contribution in [3.63, 3.8) is 0 Å². The number of methoxy groups -OCH3 is 1. The Morgan fingerprint density at radius 1 is 1.04 bits per heavy atom. The maximum atomic E-state index is 14.4. The van der Waals surface area contributed by atoms with Crippen molar-refractivity contribution in [3.05, 3.63) is 78.4 Å². The number of carbonyl (C=O) groups is 2. The van der Waals surface area contributed by atoms with E-state index in [0.717, 1.165) is 12.8 Å². The topological polar surface area (TPSA) is 147 Å². The number of sulfonamides is 1. The second kappa shape index (κ2) is 17.5. The fraction of sp³-hybridized carbons (Fsp3) is 0.444. The molecule has 13 heteroatoms. The third-order valence-electron chi connectivity index (χ3n) is 8.55. The van der Waals surface area contributed by atoms with Gasteiger partial charge in [-0.3, -0.25) is 4.79 Å². The maximum Gasteiger partial charge on any atom is 0.323 e. The van der Waals surface area contributed by atoms with E-state index in [1.165, 1.54) is 11.4 Å². The smallest absolute Gasteiger partial charge is 0.323 e. The van der Waals surface area contributed by atoms with Crippen molar-refractivity contribution in [2.45, 2.75) is 63.2 Å². The highest BCUT2D eigenvalue weighted by molar-refractivity contribution is 7.89. The fourth-order valence-corrected chi connectivity index (χ4v) is 6.76. The van der Waals surface area contributed by atoms with Crippen LogP contribution in [0.5, 0.6) is 11.5 Å². The minimum atomic E-state index is -3.78. The van der Waals surface area contributed by atoms with E-state index in [-0.39, 0.29) is 42.2 Å². The first-order valence-electron chi connectivity index (χ1n) is 16.5. The molecule has 1 aliphatic rings. The highest BCUT2D eigenvalue weighted by atomic mass is 32.2. The van der Waals surface area contributed by atoms with Gasteiger partial charge < -0.3 is 34.9 Å². The number of aliphatic hydroxyl groups excluding tert-OH is 1. The van der Waals surface area contributed by atoms with Crippen molar-refractivity contribution >= 4 is 33.3 Å². The number of ether oxygens (including phenoxy) is 3. The Bertz CT molecular complexity index is 1640. The number of aliphatic hydroxyl groups is 1. The second-order valence-corrected chi connectivity index (χ2v) is 14.5. The predicted molar refractivity (Wildman–Crippen MR) is 189 cm³/mol. The molecule has 0 saturated heterocycles. The first-order valence-corrected chi connectivity index (χ1v) is 17.9. The molecule has 0 fully saturated rings. The summed E-state index contributed by atoms with van der Waals surface area (Å²) in [7, 11) is -0.697. The van der Waals surface area contributed by atoms with Gasteiger partial charge in [-0.25, -0.2) is 13.2 Å². The lowest BCUT2D eigenvalue weighted by Crippen LogP contribution is -2.48. The van der Waals surface area contributed by atoms with Gasteiger partial charge in [0.25, 0.3) is 5.91 Å². The summed E-state index contributed by atoms with van der Waals surface area (Å²) in [6.45, 7) is 5.91. The Hall–Kier alpha value is -4.17. The van der Waals surface area contributed by atoms with Crippen LogP contribution in [0.3, 0.4) is 0 Å². The summed E-state index contributed by atoms with van der Waals surface area (Å²) in [6, 6.07) is 18.9. The average Bonchev–Trinajstić information content (AvgIpc) is 3.10. The number of benzene rings is 3. The van der Waals surface area contributed by atoms with Crippen molar-refractivity contribution in [3.8, 4) is 11.5 Å². The zero-order chi connectivity index (χ0) is 35.6. The van der Waals surface area contributed by atoms with Gasteiger partial charge in [-0.2, -0.15) is 4.31 Å². The van der Waals surface area contributed by atoms with Gasteiger partial charge in [0, 0.05) is 44.0 Å². The van der Waals surface area contributed by atoms with E-state index in [9.17, 15) is 23.1 Å². The lowest BCUT2D eigenvalue weighted by molar-refractivity contribution is -0.00833. The zero-order valence-electron chi connectivity index (χ0n) is 28.8. The molecule has 0 aliphatic carbocycles. The summed E-state index contributed by atoms with van der Waals surface area (Å²) in [5.74, 6) is 0.285. The van der Waals surface area contributed by atoms with Crippen LogP contribution in [0.2, 0.25) is 0 Å². The van der Waals surface area contributed by atoms with Gasteiger partial charge in [0.05, 0.1) is 42.4 Å². The summed E-state index contributed by atoms with van der Waals surface area (Å²) in [5.41, 5.74) is 1.15. The van der Waals surface area contributed by atoms with Crippen LogP contribution in [0, 0.1) is 5.92 Å². The van der Waals surface area contributed by atoms with E-state index in [1.807, 2.05) is 13.8 Å². The highest BCUT2D eigenvalue weighted by Crippen LogP contribution is 2.29. The zero-order valence-corrected chi connectivity index (χ0v) is 29.6. The predicted octanol–water partition coefficient (Wildman–Crippen LogP) is 5.46. The molecule has 4 rings (SSSR count). The van der Waals surface area contributed by atoms with Crippen LogP contribution in [0.4, 0.5) is 16.2 Å². The molecule has 0 spiro atoms. The Morgan fingerprint density at radius 2 is 1.71 bits per heavy atom. The molecule has 0 radical (unpaired) electrons. The van der Waals surface area contributed by atoms with Gasteiger partial charge in [-0.1, -0.05) is 25.1 Å². The number of rotatable bonds is 9. The minimum absolute atomic E-state index is 0.0708. The summed E-state index contributed by atoms with van der Waals surface area (Å²) >= 11 is 0. The largest absolute Gasteiger partial charge is 0.497 e. The van der Waals surface area contributed by atoms with Crippen LogP contribution in [0.25, 0.3) is 0 Å². The van der Waals surface area contributed by atoms with Crippen molar-refractivity contribution in [1.29, 1.82) is 0 Å². The van der Waals surface area contributed by atoms with E-state index in [1.54, 1.807) is 91.7 Å². The van der Waals surface area contributed by atoms with E-state index < -0.39 is 34.1 Å². The van der Waals surface area contributed by atoms with Gasteiger partial charge in [0.1, 0.15) is 11.5 Å². The number of carbonyl (C=O) groups excluding carboxylic acids is 2. The molecule has 0 saturated carbocycles. The van der Waals surface area contributed by atoms with Crippen molar-refractivity contribution in [2.75, 3.05) is 51.1 Å². The van der Waals surface area contributed by atoms with Gasteiger partial charge >= 0.3 is 6.03 Å². The number of anilines is 2. The number of hydrogen-bond acceptors (Lipinski definition) is 8. The van der Waals surface area contributed by atoms with E-state index in [0.29, 0.717) is 35.9 Å². The van der Waals surface area contributed by atoms with E-state index >= 15 is 0 Å². The average molecular weight is 697 g/mol. The number of fused-ring (bicyclic) bond motifs is 1. The quantitative estimate of drug-likeness (QED) is 0.268. The van der Waals surface area contributed by atoms with E-state index in [4.69, 9.17) is 14.2 Å². The van der Waals surface area contributed by atoms with Crippen LogP contribution < -0.4 is 20.1 Å². The lowest BCUT2D eigenvalue weighted by Gasteiger charge is -2.35. The molecule has 12 nitrogen and oxygen atoms in total. The third-order valence-corrected chi connectivity index (χ3v) is 10.4. The van der Waals surface area contributed by atoms with Crippen LogP contribution in [-0.2, 0) is 14.8 Å². The Balaban J connectivity index is 1.61. The van der Waals surface area contributed by atoms with Crippen LogP contribution >= 0.6 is 0 Å². The second-order valence-electron chi connectivity index (χ2n) is 12.4. The molecule has 1 aliphatic heterocycles. The number of nitrogens with zero attached hydrogens (tertiary/aromatic N) is 2. The third kappa shape index (κ3) is 10.2. The number of hydrogen-bond donors (Lipinski definition) is 3. The maximum absolute atomic E-state index is 14.4. The van der Waals surface area contributed by atoms with E-state index in [2.05, 4.69) is 10.6 Å². The molecule has 3 aromatic carbocycles. The minimum Gasteiger partial charge on any atom is -0.497 e. The van der Waals surface area contributed by atoms with Gasteiger partial charge in [-0.15, -0.1) is 0 Å². The summed E-state index contributed by atoms with van der Waals surface area (Å²) in [6.07, 6.45) is 1.45.